The fraction of sp³-hybridized carbons (Fsp3) is 0.292. The largest absolute Gasteiger partial charge is 0.497 e. The number of carbonyl (C=O) groups excluding carboxylic acids is 1. The lowest BCUT2D eigenvalue weighted by atomic mass is 10.1. The first-order chi connectivity index (χ1) is 15.6. The molecule has 2 heterocycles. The maximum absolute atomic E-state index is 13.7. The van der Waals surface area contributed by atoms with E-state index in [1.165, 1.54) is 0 Å². The lowest BCUT2D eigenvalue weighted by Crippen LogP contribution is -2.52. The SMILES string of the molecule is COc1ccc(N2Cc3cnc(Nc4ccccc4)nc3N([C@H]3CCC(O)C3)C2=O)cc1. The zero-order chi connectivity index (χ0) is 22.1. The second kappa shape index (κ2) is 8.47. The highest BCUT2D eigenvalue weighted by molar-refractivity contribution is 6.06. The van der Waals surface area contributed by atoms with E-state index < -0.39 is 6.10 Å². The number of methoxy groups -OCH3 is 1. The Morgan fingerprint density at radius 1 is 1.09 bits per heavy atom. The van der Waals surface area contributed by atoms with Crippen molar-refractivity contribution in [1.82, 2.24) is 9.97 Å². The van der Waals surface area contributed by atoms with Gasteiger partial charge in [0.25, 0.3) is 0 Å². The maximum atomic E-state index is 13.7. The molecule has 2 N–H and O–H groups in total. The van der Waals surface area contributed by atoms with E-state index in [0.29, 0.717) is 31.2 Å². The molecule has 1 saturated carbocycles. The normalized spacial score (nSPS) is 20.2. The van der Waals surface area contributed by atoms with Crippen molar-refractivity contribution in [2.45, 2.75) is 38.0 Å². The number of benzene rings is 2. The summed E-state index contributed by atoms with van der Waals surface area (Å²) in [4.78, 5) is 26.3. The molecule has 0 saturated heterocycles. The molecule has 164 valence electrons. The van der Waals surface area contributed by atoms with Crippen LogP contribution in [0.5, 0.6) is 5.75 Å². The third-order valence-electron chi connectivity index (χ3n) is 5.99. The molecule has 5 rings (SSSR count). The van der Waals surface area contributed by atoms with Crippen molar-refractivity contribution in [3.63, 3.8) is 0 Å². The molecule has 2 amide bonds. The number of nitrogens with zero attached hydrogens (tertiary/aromatic N) is 4. The van der Waals surface area contributed by atoms with Gasteiger partial charge in [-0.15, -0.1) is 0 Å². The maximum Gasteiger partial charge on any atom is 0.330 e. The van der Waals surface area contributed by atoms with Crippen LogP contribution in [0.25, 0.3) is 0 Å². The van der Waals surface area contributed by atoms with E-state index in [-0.39, 0.29) is 12.1 Å². The van der Waals surface area contributed by atoms with Gasteiger partial charge in [0, 0.05) is 29.2 Å². The minimum atomic E-state index is -0.406. The van der Waals surface area contributed by atoms with Crippen LogP contribution in [0.4, 0.5) is 27.9 Å². The van der Waals surface area contributed by atoms with Crippen LogP contribution < -0.4 is 19.9 Å². The number of ether oxygens (including phenoxy) is 1. The van der Waals surface area contributed by atoms with Gasteiger partial charge in [0.15, 0.2) is 0 Å². The Labute approximate surface area is 186 Å². The highest BCUT2D eigenvalue weighted by Crippen LogP contribution is 2.37. The highest BCUT2D eigenvalue weighted by Gasteiger charge is 2.40. The van der Waals surface area contributed by atoms with Crippen LogP contribution in [-0.4, -0.2) is 40.4 Å². The smallest absolute Gasteiger partial charge is 0.330 e. The van der Waals surface area contributed by atoms with Crippen LogP contribution in [0.3, 0.4) is 0 Å². The summed E-state index contributed by atoms with van der Waals surface area (Å²) in [7, 11) is 1.61. The van der Waals surface area contributed by atoms with Crippen molar-refractivity contribution in [1.29, 1.82) is 0 Å². The fourth-order valence-corrected chi connectivity index (χ4v) is 4.35. The Morgan fingerprint density at radius 2 is 1.88 bits per heavy atom. The minimum absolute atomic E-state index is 0.114. The molecule has 0 bridgehead atoms. The van der Waals surface area contributed by atoms with Gasteiger partial charge in [-0.3, -0.25) is 9.80 Å². The molecule has 32 heavy (non-hydrogen) atoms. The Balaban J connectivity index is 1.51. The second-order valence-corrected chi connectivity index (χ2v) is 8.09. The number of aromatic nitrogens is 2. The van der Waals surface area contributed by atoms with Crippen molar-refractivity contribution in [2.24, 2.45) is 0 Å². The molecular formula is C24H25N5O3. The summed E-state index contributed by atoms with van der Waals surface area (Å²) < 4.78 is 5.25. The zero-order valence-electron chi connectivity index (χ0n) is 17.8. The number of carbonyl (C=O) groups is 1. The molecule has 1 aliphatic carbocycles. The van der Waals surface area contributed by atoms with Gasteiger partial charge >= 0.3 is 6.03 Å². The molecule has 1 aromatic heterocycles. The first-order valence-corrected chi connectivity index (χ1v) is 10.7. The third-order valence-corrected chi connectivity index (χ3v) is 5.99. The van der Waals surface area contributed by atoms with Crippen LogP contribution in [0, 0.1) is 0 Å². The van der Waals surface area contributed by atoms with Crippen LogP contribution in [0.1, 0.15) is 24.8 Å². The Bertz CT molecular complexity index is 1110. The fourth-order valence-electron chi connectivity index (χ4n) is 4.35. The lowest BCUT2D eigenvalue weighted by molar-refractivity contribution is 0.181. The molecule has 0 radical (unpaired) electrons. The van der Waals surface area contributed by atoms with E-state index >= 15 is 0 Å². The van der Waals surface area contributed by atoms with Crippen LogP contribution in [0.15, 0.2) is 60.8 Å². The van der Waals surface area contributed by atoms with Crippen LogP contribution in [-0.2, 0) is 6.54 Å². The number of rotatable bonds is 5. The van der Waals surface area contributed by atoms with Gasteiger partial charge in [0.2, 0.25) is 5.95 Å². The van der Waals surface area contributed by atoms with Crippen molar-refractivity contribution in [3.8, 4) is 5.75 Å². The number of hydrogen-bond donors (Lipinski definition) is 2. The number of nitrogens with one attached hydrogen (secondary N) is 1. The zero-order valence-corrected chi connectivity index (χ0v) is 17.8. The summed E-state index contributed by atoms with van der Waals surface area (Å²) in [5.74, 6) is 1.77. The average Bonchev–Trinajstić information content (AvgIpc) is 3.25. The molecule has 1 fully saturated rings. The molecule has 1 unspecified atom stereocenters. The Hall–Kier alpha value is -3.65. The van der Waals surface area contributed by atoms with Crippen LogP contribution >= 0.6 is 0 Å². The van der Waals surface area contributed by atoms with Crippen molar-refractivity contribution >= 4 is 29.2 Å². The van der Waals surface area contributed by atoms with Gasteiger partial charge in [0.1, 0.15) is 11.6 Å². The van der Waals surface area contributed by atoms with E-state index in [4.69, 9.17) is 9.72 Å². The van der Waals surface area contributed by atoms with Gasteiger partial charge in [-0.2, -0.15) is 4.98 Å². The summed E-state index contributed by atoms with van der Waals surface area (Å²) in [5, 5.41) is 13.4. The molecular weight excluding hydrogens is 406 g/mol. The van der Waals surface area contributed by atoms with E-state index in [1.54, 1.807) is 23.1 Å². The van der Waals surface area contributed by atoms with Gasteiger partial charge in [0.05, 0.1) is 19.8 Å². The molecule has 2 aliphatic rings. The second-order valence-electron chi connectivity index (χ2n) is 8.09. The minimum Gasteiger partial charge on any atom is -0.497 e. The van der Waals surface area contributed by atoms with E-state index in [2.05, 4.69) is 10.3 Å². The third kappa shape index (κ3) is 3.85. The van der Waals surface area contributed by atoms with Crippen LogP contribution in [0.2, 0.25) is 0 Å². The van der Waals surface area contributed by atoms with Crippen molar-refractivity contribution in [3.05, 3.63) is 66.4 Å². The lowest BCUT2D eigenvalue weighted by Gasteiger charge is -2.39. The molecule has 0 spiro atoms. The number of urea groups is 1. The molecule has 2 aromatic carbocycles. The number of amides is 2. The summed E-state index contributed by atoms with van der Waals surface area (Å²) in [6, 6.07) is 16.8. The summed E-state index contributed by atoms with van der Waals surface area (Å²) in [6.07, 6.45) is 3.30. The predicted octanol–water partition coefficient (Wildman–Crippen LogP) is 4.09. The average molecular weight is 431 g/mol. The van der Waals surface area contributed by atoms with Gasteiger partial charge in [-0.05, 0) is 55.7 Å². The standard InChI is InChI=1S/C24H25N5O3/c1-32-21-11-8-18(9-12-21)28-15-16-14-25-23(26-17-5-3-2-4-6-17)27-22(16)29(24(28)31)19-7-10-20(30)13-19/h2-6,8-9,11-12,14,19-20,30H,7,10,13,15H2,1H3,(H,25,26,27)/t19-,20?/m0/s1. The number of fused-ring (bicyclic) bond motifs is 1. The molecule has 1 aliphatic heterocycles. The number of hydrogen-bond acceptors (Lipinski definition) is 6. The van der Waals surface area contributed by atoms with E-state index in [1.807, 2.05) is 54.6 Å². The number of anilines is 4. The molecule has 2 atom stereocenters. The summed E-state index contributed by atoms with van der Waals surface area (Å²) in [5.41, 5.74) is 2.51. The monoisotopic (exact) mass is 431 g/mol. The van der Waals surface area contributed by atoms with Gasteiger partial charge < -0.3 is 15.2 Å². The molecule has 3 aromatic rings. The number of para-hydroxylation sites is 1. The summed E-state index contributed by atoms with van der Waals surface area (Å²) in [6.45, 7) is 0.373. The molecule has 8 nitrogen and oxygen atoms in total. The highest BCUT2D eigenvalue weighted by atomic mass is 16.5. The topological polar surface area (TPSA) is 90.8 Å². The Kier molecular flexibility index (Phi) is 5.36. The van der Waals surface area contributed by atoms with Crippen molar-refractivity contribution in [2.75, 3.05) is 22.2 Å². The predicted molar refractivity (Wildman–Crippen MR) is 122 cm³/mol. The van der Waals surface area contributed by atoms with Gasteiger partial charge in [-0.1, -0.05) is 18.2 Å². The summed E-state index contributed by atoms with van der Waals surface area (Å²) >= 11 is 0. The van der Waals surface area contributed by atoms with E-state index in [0.717, 1.165) is 29.1 Å². The van der Waals surface area contributed by atoms with Crippen molar-refractivity contribution < 1.29 is 14.6 Å². The van der Waals surface area contributed by atoms with E-state index in [9.17, 15) is 9.90 Å². The first-order valence-electron chi connectivity index (χ1n) is 10.7. The quantitative estimate of drug-likeness (QED) is 0.632. The molecule has 8 heteroatoms. The van der Waals surface area contributed by atoms with Gasteiger partial charge in [-0.25, -0.2) is 9.78 Å². The Morgan fingerprint density at radius 3 is 2.56 bits per heavy atom. The first kappa shape index (κ1) is 20.3. The number of aliphatic hydroxyl groups excluding tert-OH is 1. The number of aliphatic hydroxyl groups is 1.